The van der Waals surface area contributed by atoms with E-state index >= 15 is 0 Å². The Labute approximate surface area is 202 Å². The molecule has 1 N–H and O–H groups in total. The normalized spacial score (nSPS) is 13.1. The molecule has 1 aliphatic carbocycles. The molecule has 0 saturated carbocycles. The molecule has 0 fully saturated rings. The van der Waals surface area contributed by atoms with Gasteiger partial charge < -0.3 is 14.6 Å². The zero-order valence-corrected chi connectivity index (χ0v) is 20.5. The third-order valence-electron chi connectivity index (χ3n) is 5.74. The monoisotopic (exact) mass is 481 g/mol. The lowest BCUT2D eigenvalue weighted by atomic mass is 10.1. The molecule has 0 spiro atoms. The maximum absolute atomic E-state index is 12.6. The van der Waals surface area contributed by atoms with Gasteiger partial charge in [0.05, 0.1) is 11.3 Å². The first-order chi connectivity index (χ1) is 16.1. The van der Waals surface area contributed by atoms with Crippen molar-refractivity contribution in [3.8, 4) is 11.8 Å². The molecule has 0 atom stereocenters. The van der Waals surface area contributed by atoms with Crippen LogP contribution in [0.5, 0.6) is 5.75 Å². The Morgan fingerprint density at radius 3 is 2.79 bits per heavy atom. The number of hydrogen-bond acceptors (Lipinski definition) is 7. The van der Waals surface area contributed by atoms with Gasteiger partial charge in [-0.05, 0) is 55.4 Å². The van der Waals surface area contributed by atoms with Crippen molar-refractivity contribution in [1.29, 1.82) is 5.26 Å². The van der Waals surface area contributed by atoms with E-state index in [4.69, 9.17) is 4.74 Å². The predicted molar refractivity (Wildman–Crippen MR) is 131 cm³/mol. The van der Waals surface area contributed by atoms with Gasteiger partial charge in [-0.25, -0.2) is 0 Å². The number of aryl methyl sites for hydroxylation is 2. The van der Waals surface area contributed by atoms with Gasteiger partial charge in [0.15, 0.2) is 11.0 Å². The number of aromatic nitrogens is 3. The molecule has 0 unspecified atom stereocenters. The van der Waals surface area contributed by atoms with Crippen molar-refractivity contribution in [3.63, 3.8) is 0 Å². The average molecular weight is 482 g/mol. The summed E-state index contributed by atoms with van der Waals surface area (Å²) >= 11 is 2.87. The summed E-state index contributed by atoms with van der Waals surface area (Å²) in [5.41, 5.74) is 3.03. The van der Waals surface area contributed by atoms with Gasteiger partial charge in [0.2, 0.25) is 5.91 Å². The van der Waals surface area contributed by atoms with Crippen molar-refractivity contribution >= 4 is 34.0 Å². The highest BCUT2D eigenvalue weighted by molar-refractivity contribution is 7.99. The Morgan fingerprint density at radius 2 is 2.03 bits per heavy atom. The fraction of sp³-hybridized carbons (Fsp3) is 0.417. The molecule has 0 aliphatic heterocycles. The molecule has 0 bridgehead atoms. The van der Waals surface area contributed by atoms with E-state index in [0.29, 0.717) is 28.2 Å². The topological polar surface area (TPSA) is 92.8 Å². The number of carbonyl (C=O) groups excluding carboxylic acids is 1. The third-order valence-corrected chi connectivity index (χ3v) is 7.97. The number of ether oxygens (including phenoxy) is 1. The summed E-state index contributed by atoms with van der Waals surface area (Å²) in [6, 6.07) is 10.3. The number of rotatable bonds is 8. The molecule has 2 aromatic heterocycles. The number of fused-ring (bicyclic) bond motifs is 1. The second-order valence-electron chi connectivity index (χ2n) is 7.96. The van der Waals surface area contributed by atoms with Crippen molar-refractivity contribution in [3.05, 3.63) is 51.7 Å². The van der Waals surface area contributed by atoms with Gasteiger partial charge in [0, 0.05) is 11.9 Å². The number of thioether (sulfide) groups is 1. The number of benzene rings is 1. The number of carbonyl (C=O) groups is 1. The van der Waals surface area contributed by atoms with E-state index in [0.717, 1.165) is 43.4 Å². The molecule has 9 heteroatoms. The second-order valence-corrected chi connectivity index (χ2v) is 10.0. The highest BCUT2D eigenvalue weighted by atomic mass is 32.2. The Hall–Kier alpha value is -2.83. The van der Waals surface area contributed by atoms with Crippen molar-refractivity contribution < 1.29 is 9.53 Å². The lowest BCUT2D eigenvalue weighted by molar-refractivity contribution is -0.113. The van der Waals surface area contributed by atoms with E-state index in [2.05, 4.69) is 40.6 Å². The fourth-order valence-corrected chi connectivity index (χ4v) is 5.79. The molecule has 7 nitrogen and oxygen atoms in total. The van der Waals surface area contributed by atoms with Crippen LogP contribution in [0.4, 0.5) is 5.00 Å². The SMILES string of the molecule is CCc1ccc(OCc2nnc(SCC(=O)Nc3sc4c(c3C#N)CCCCC4)n2C)cc1. The Kier molecular flexibility index (Phi) is 7.68. The molecule has 2 heterocycles. The first-order valence-electron chi connectivity index (χ1n) is 11.2. The summed E-state index contributed by atoms with van der Waals surface area (Å²) in [5, 5.41) is 22.3. The van der Waals surface area contributed by atoms with Crippen LogP contribution in [0.3, 0.4) is 0 Å². The molecular weight excluding hydrogens is 454 g/mol. The van der Waals surface area contributed by atoms with Gasteiger partial charge >= 0.3 is 0 Å². The molecule has 1 aromatic carbocycles. The van der Waals surface area contributed by atoms with Crippen LogP contribution in [0.2, 0.25) is 0 Å². The molecule has 4 rings (SSSR count). The van der Waals surface area contributed by atoms with E-state index in [1.54, 1.807) is 11.3 Å². The zero-order valence-electron chi connectivity index (χ0n) is 18.9. The Morgan fingerprint density at radius 1 is 1.24 bits per heavy atom. The number of anilines is 1. The Balaban J connectivity index is 1.33. The summed E-state index contributed by atoms with van der Waals surface area (Å²) in [5.74, 6) is 1.51. The largest absolute Gasteiger partial charge is 0.486 e. The first-order valence-corrected chi connectivity index (χ1v) is 13.0. The van der Waals surface area contributed by atoms with E-state index in [1.807, 2.05) is 23.7 Å². The van der Waals surface area contributed by atoms with Crippen molar-refractivity contribution in [2.45, 2.75) is 57.2 Å². The van der Waals surface area contributed by atoms with Crippen LogP contribution in [-0.2, 0) is 37.7 Å². The van der Waals surface area contributed by atoms with Crippen LogP contribution in [0, 0.1) is 11.3 Å². The quantitative estimate of drug-likeness (QED) is 0.364. The second kappa shape index (κ2) is 10.9. The van der Waals surface area contributed by atoms with Gasteiger partial charge in [-0.3, -0.25) is 4.79 Å². The third kappa shape index (κ3) is 5.57. The number of nitrogens with one attached hydrogen (secondary N) is 1. The van der Waals surface area contributed by atoms with Gasteiger partial charge in [0.1, 0.15) is 23.4 Å². The van der Waals surface area contributed by atoms with Gasteiger partial charge in [-0.2, -0.15) is 5.26 Å². The van der Waals surface area contributed by atoms with Gasteiger partial charge in [-0.15, -0.1) is 21.5 Å². The summed E-state index contributed by atoms with van der Waals surface area (Å²) in [6.07, 6.45) is 6.34. The van der Waals surface area contributed by atoms with Gasteiger partial charge in [0.25, 0.3) is 0 Å². The van der Waals surface area contributed by atoms with E-state index in [1.165, 1.54) is 28.6 Å². The highest BCUT2D eigenvalue weighted by Gasteiger charge is 2.21. The van der Waals surface area contributed by atoms with Crippen LogP contribution in [-0.4, -0.2) is 26.4 Å². The molecule has 1 aliphatic rings. The number of nitrogens with zero attached hydrogens (tertiary/aromatic N) is 4. The Bertz CT molecular complexity index is 1160. The summed E-state index contributed by atoms with van der Waals surface area (Å²) in [4.78, 5) is 13.8. The maximum Gasteiger partial charge on any atom is 0.235 e. The van der Waals surface area contributed by atoms with Gasteiger partial charge in [-0.1, -0.05) is 37.2 Å². The molecule has 0 saturated heterocycles. The predicted octanol–water partition coefficient (Wildman–Crippen LogP) is 4.89. The maximum atomic E-state index is 12.6. The minimum Gasteiger partial charge on any atom is -0.486 e. The summed E-state index contributed by atoms with van der Waals surface area (Å²) < 4.78 is 7.66. The summed E-state index contributed by atoms with van der Waals surface area (Å²) in [6.45, 7) is 2.42. The number of hydrogen-bond donors (Lipinski definition) is 1. The van der Waals surface area contributed by atoms with Crippen LogP contribution < -0.4 is 10.1 Å². The minimum atomic E-state index is -0.148. The van der Waals surface area contributed by atoms with Crippen LogP contribution in [0.15, 0.2) is 29.4 Å². The van der Waals surface area contributed by atoms with E-state index < -0.39 is 0 Å². The lowest BCUT2D eigenvalue weighted by Gasteiger charge is -2.07. The first kappa shape index (κ1) is 23.3. The lowest BCUT2D eigenvalue weighted by Crippen LogP contribution is -2.14. The molecule has 1 amide bonds. The van der Waals surface area contributed by atoms with Crippen molar-refractivity contribution in [2.75, 3.05) is 11.1 Å². The van der Waals surface area contributed by atoms with Crippen LogP contribution in [0.25, 0.3) is 0 Å². The molecular formula is C24H27N5O2S2. The molecule has 0 radical (unpaired) electrons. The zero-order chi connectivity index (χ0) is 23.2. The standard InChI is InChI=1S/C24H27N5O2S2/c1-3-16-9-11-17(12-10-16)31-14-21-27-28-24(29(21)2)32-15-22(30)26-23-19(13-25)18-7-5-4-6-8-20(18)33-23/h9-12H,3-8,14-15H2,1-2H3,(H,26,30). The number of amides is 1. The number of nitriles is 1. The smallest absolute Gasteiger partial charge is 0.235 e. The van der Waals surface area contributed by atoms with E-state index in [9.17, 15) is 10.1 Å². The molecule has 172 valence electrons. The average Bonchev–Trinajstić information content (AvgIpc) is 3.25. The fourth-order valence-electron chi connectivity index (χ4n) is 3.81. The minimum absolute atomic E-state index is 0.148. The van der Waals surface area contributed by atoms with Crippen LogP contribution >= 0.6 is 23.1 Å². The molecule has 3 aromatic rings. The van der Waals surface area contributed by atoms with Crippen LogP contribution in [0.1, 0.15) is 53.6 Å². The number of thiophene rings is 1. The highest BCUT2D eigenvalue weighted by Crippen LogP contribution is 2.37. The van der Waals surface area contributed by atoms with E-state index in [-0.39, 0.29) is 11.7 Å². The van der Waals surface area contributed by atoms with Crippen molar-refractivity contribution in [1.82, 2.24) is 14.8 Å². The molecule has 33 heavy (non-hydrogen) atoms. The summed E-state index contributed by atoms with van der Waals surface area (Å²) in [7, 11) is 1.86. The van der Waals surface area contributed by atoms with Crippen molar-refractivity contribution in [2.24, 2.45) is 7.05 Å².